The standard InChI is InChI=1S/C22H24N8OS/c1-2-16(28-22(12-23)5-6-22)17-11-26-20(32-17)27-13-9-15(10-13)30-19-18(24-7-8-25-19)29(21(30)31)14-3-4-14/h7-8,11,13-15H,2-6,9-10H2,1H3,(H,26,27). The normalized spacial score (nSPS) is 24.2. The van der Waals surface area contributed by atoms with E-state index in [1.807, 2.05) is 15.3 Å². The summed E-state index contributed by atoms with van der Waals surface area (Å²) in [6, 6.07) is 2.99. The molecule has 9 nitrogen and oxygen atoms in total. The molecule has 3 fully saturated rings. The van der Waals surface area contributed by atoms with E-state index in [2.05, 4.69) is 33.3 Å². The summed E-state index contributed by atoms with van der Waals surface area (Å²) in [5.74, 6) is 0. The molecule has 0 aromatic carbocycles. The van der Waals surface area contributed by atoms with E-state index in [1.165, 1.54) is 0 Å². The second-order valence-corrected chi connectivity index (χ2v) is 10.0. The number of thiazole rings is 1. The van der Waals surface area contributed by atoms with Crippen molar-refractivity contribution in [2.45, 2.75) is 75.5 Å². The van der Waals surface area contributed by atoms with Crippen molar-refractivity contribution in [3.63, 3.8) is 0 Å². The number of imidazole rings is 1. The van der Waals surface area contributed by atoms with Gasteiger partial charge in [0.15, 0.2) is 16.4 Å². The van der Waals surface area contributed by atoms with Gasteiger partial charge in [-0.2, -0.15) is 5.26 Å². The SMILES string of the molecule is CCC(=NC1(C#N)CC1)c1cnc(NC2CC(n3c(=O)n(C4CC4)c4nccnc43)C2)s1. The fourth-order valence-corrected chi connectivity index (χ4v) is 5.40. The van der Waals surface area contributed by atoms with E-state index in [1.54, 1.807) is 23.7 Å². The maximum absolute atomic E-state index is 13.1. The van der Waals surface area contributed by atoms with Gasteiger partial charge in [-0.05, 0) is 44.9 Å². The highest BCUT2D eigenvalue weighted by molar-refractivity contribution is 7.17. The number of aromatic nitrogens is 5. The summed E-state index contributed by atoms with van der Waals surface area (Å²) in [5, 5.41) is 13.7. The van der Waals surface area contributed by atoms with Gasteiger partial charge < -0.3 is 5.32 Å². The van der Waals surface area contributed by atoms with E-state index in [0.29, 0.717) is 11.3 Å². The van der Waals surface area contributed by atoms with E-state index in [9.17, 15) is 10.1 Å². The maximum atomic E-state index is 13.1. The van der Waals surface area contributed by atoms with Crippen LogP contribution >= 0.6 is 11.3 Å². The highest BCUT2D eigenvalue weighted by atomic mass is 32.1. The number of hydrogen-bond donors (Lipinski definition) is 1. The molecule has 6 rings (SSSR count). The van der Waals surface area contributed by atoms with Crippen LogP contribution in [0.25, 0.3) is 11.3 Å². The van der Waals surface area contributed by atoms with Gasteiger partial charge in [0, 0.05) is 36.7 Å². The van der Waals surface area contributed by atoms with Crippen molar-refractivity contribution in [3.8, 4) is 6.07 Å². The molecular weight excluding hydrogens is 424 g/mol. The molecule has 3 aromatic rings. The Hall–Kier alpha value is -3.06. The minimum absolute atomic E-state index is 0.0176. The maximum Gasteiger partial charge on any atom is 0.332 e. The second kappa shape index (κ2) is 7.24. The van der Waals surface area contributed by atoms with Crippen LogP contribution in [0.15, 0.2) is 28.4 Å². The molecule has 3 heterocycles. The fraction of sp³-hybridized carbons (Fsp3) is 0.545. The minimum Gasteiger partial charge on any atom is -0.359 e. The molecule has 3 aliphatic carbocycles. The van der Waals surface area contributed by atoms with Crippen LogP contribution in [-0.4, -0.2) is 41.4 Å². The number of nitrogens with one attached hydrogen (secondary N) is 1. The molecule has 3 saturated carbocycles. The molecule has 0 radical (unpaired) electrons. The van der Waals surface area contributed by atoms with Crippen molar-refractivity contribution < 1.29 is 0 Å². The first-order valence-electron chi connectivity index (χ1n) is 11.3. The van der Waals surface area contributed by atoms with E-state index >= 15 is 0 Å². The number of rotatable bonds is 7. The quantitative estimate of drug-likeness (QED) is 0.554. The Morgan fingerprint density at radius 2 is 1.91 bits per heavy atom. The van der Waals surface area contributed by atoms with E-state index < -0.39 is 5.54 Å². The summed E-state index contributed by atoms with van der Waals surface area (Å²) < 4.78 is 3.67. The largest absolute Gasteiger partial charge is 0.359 e. The summed E-state index contributed by atoms with van der Waals surface area (Å²) in [7, 11) is 0. The van der Waals surface area contributed by atoms with Gasteiger partial charge >= 0.3 is 5.69 Å². The summed E-state index contributed by atoms with van der Waals surface area (Å²) >= 11 is 1.58. The Kier molecular flexibility index (Phi) is 4.43. The van der Waals surface area contributed by atoms with Crippen LogP contribution in [0, 0.1) is 11.3 Å². The molecule has 1 N–H and O–H groups in total. The first-order valence-corrected chi connectivity index (χ1v) is 12.1. The van der Waals surface area contributed by atoms with Crippen LogP contribution < -0.4 is 11.0 Å². The lowest BCUT2D eigenvalue weighted by Gasteiger charge is -2.36. The Balaban J connectivity index is 1.17. The Morgan fingerprint density at radius 1 is 1.22 bits per heavy atom. The lowest BCUT2D eigenvalue weighted by molar-refractivity contribution is 0.280. The molecule has 0 aliphatic heterocycles. The van der Waals surface area contributed by atoms with Crippen molar-refractivity contribution in [2.24, 2.45) is 4.99 Å². The van der Waals surface area contributed by atoms with Crippen LogP contribution in [-0.2, 0) is 0 Å². The van der Waals surface area contributed by atoms with Gasteiger partial charge in [-0.15, -0.1) is 0 Å². The van der Waals surface area contributed by atoms with E-state index in [4.69, 9.17) is 4.99 Å². The monoisotopic (exact) mass is 448 g/mol. The van der Waals surface area contributed by atoms with Crippen LogP contribution in [0.4, 0.5) is 5.13 Å². The number of nitriles is 1. The van der Waals surface area contributed by atoms with E-state index in [0.717, 1.165) is 60.7 Å². The molecule has 0 spiro atoms. The molecule has 3 aromatic heterocycles. The van der Waals surface area contributed by atoms with E-state index in [-0.39, 0.29) is 23.8 Å². The van der Waals surface area contributed by atoms with Gasteiger partial charge in [-0.3, -0.25) is 14.1 Å². The summed E-state index contributed by atoms with van der Waals surface area (Å²) in [4.78, 5) is 32.3. The predicted octanol–water partition coefficient (Wildman–Crippen LogP) is 3.46. The average Bonchev–Trinajstić information content (AvgIpc) is 3.70. The number of aliphatic imine (C=N–C) groups is 1. The number of anilines is 1. The van der Waals surface area contributed by atoms with Crippen molar-refractivity contribution in [2.75, 3.05) is 5.32 Å². The predicted molar refractivity (Wildman–Crippen MR) is 122 cm³/mol. The molecule has 164 valence electrons. The topological polar surface area (TPSA) is 114 Å². The van der Waals surface area contributed by atoms with Gasteiger partial charge in [-0.25, -0.2) is 19.7 Å². The van der Waals surface area contributed by atoms with Gasteiger partial charge in [0.2, 0.25) is 0 Å². The van der Waals surface area contributed by atoms with Crippen molar-refractivity contribution in [3.05, 3.63) is 34.0 Å². The van der Waals surface area contributed by atoms with Crippen molar-refractivity contribution in [1.29, 1.82) is 5.26 Å². The van der Waals surface area contributed by atoms with Crippen molar-refractivity contribution in [1.82, 2.24) is 24.1 Å². The molecule has 0 bridgehead atoms. The Labute approximate surface area is 188 Å². The van der Waals surface area contributed by atoms with Crippen LogP contribution in [0.2, 0.25) is 0 Å². The zero-order chi connectivity index (χ0) is 21.9. The zero-order valence-electron chi connectivity index (χ0n) is 17.9. The van der Waals surface area contributed by atoms with Gasteiger partial charge in [0.1, 0.15) is 5.54 Å². The summed E-state index contributed by atoms with van der Waals surface area (Å²) in [6.45, 7) is 2.06. The lowest BCUT2D eigenvalue weighted by atomic mass is 9.86. The highest BCUT2D eigenvalue weighted by Crippen LogP contribution is 2.41. The zero-order valence-corrected chi connectivity index (χ0v) is 18.7. The first-order chi connectivity index (χ1) is 15.6. The molecule has 10 heteroatoms. The highest BCUT2D eigenvalue weighted by Gasteiger charge is 2.43. The second-order valence-electron chi connectivity index (χ2n) is 9.01. The van der Waals surface area contributed by atoms with Crippen LogP contribution in [0.5, 0.6) is 0 Å². The first kappa shape index (κ1) is 19.6. The van der Waals surface area contributed by atoms with Crippen LogP contribution in [0.3, 0.4) is 0 Å². The molecule has 0 atom stereocenters. The number of hydrogen-bond acceptors (Lipinski definition) is 8. The lowest BCUT2D eigenvalue weighted by Crippen LogP contribution is -2.41. The Bertz CT molecular complexity index is 1310. The molecule has 32 heavy (non-hydrogen) atoms. The molecule has 3 aliphatic rings. The summed E-state index contributed by atoms with van der Waals surface area (Å²) in [6.07, 6.45) is 11.4. The average molecular weight is 449 g/mol. The van der Waals surface area contributed by atoms with Crippen molar-refractivity contribution >= 4 is 33.5 Å². The molecule has 0 amide bonds. The van der Waals surface area contributed by atoms with Crippen LogP contribution in [0.1, 0.15) is 68.8 Å². The summed E-state index contributed by atoms with van der Waals surface area (Å²) in [5.41, 5.74) is 1.88. The third-order valence-corrected chi connectivity index (χ3v) is 7.63. The fourth-order valence-electron chi connectivity index (χ4n) is 4.45. The molecule has 0 unspecified atom stereocenters. The van der Waals surface area contributed by atoms with Gasteiger partial charge in [-0.1, -0.05) is 18.3 Å². The molecule has 0 saturated heterocycles. The Morgan fingerprint density at radius 3 is 2.50 bits per heavy atom. The minimum atomic E-state index is -0.500. The number of nitrogens with zero attached hydrogens (tertiary/aromatic N) is 7. The third-order valence-electron chi connectivity index (χ3n) is 6.65. The smallest absolute Gasteiger partial charge is 0.332 e. The third kappa shape index (κ3) is 3.23. The number of fused-ring (bicyclic) bond motifs is 1. The van der Waals surface area contributed by atoms with Gasteiger partial charge in [0.05, 0.1) is 16.7 Å². The van der Waals surface area contributed by atoms with Gasteiger partial charge in [0.25, 0.3) is 0 Å². The molecular formula is C22H24N8OS.